The molecule has 34 heavy (non-hydrogen) atoms. The smallest absolute Gasteiger partial charge is 0.225 e. The Bertz CT molecular complexity index is 506. The average molecular weight is 477 g/mol. The second kappa shape index (κ2) is 17.0. The van der Waals surface area contributed by atoms with Gasteiger partial charge in [-0.3, -0.25) is 4.79 Å². The summed E-state index contributed by atoms with van der Waals surface area (Å²) in [6, 6.07) is 0. The summed E-state index contributed by atoms with van der Waals surface area (Å²) >= 11 is 0. The molecular weight excluding hydrogens is 416 g/mol. The van der Waals surface area contributed by atoms with Crippen molar-refractivity contribution < 1.29 is 4.79 Å². The van der Waals surface area contributed by atoms with Crippen molar-refractivity contribution in [1.82, 2.24) is 9.80 Å². The van der Waals surface area contributed by atoms with E-state index in [4.69, 9.17) is 0 Å². The Labute approximate surface area is 213 Å². The highest BCUT2D eigenvalue weighted by Gasteiger charge is 2.47. The van der Waals surface area contributed by atoms with E-state index in [2.05, 4.69) is 37.5 Å². The maximum atomic E-state index is 13.4. The molecule has 1 atom stereocenters. The van der Waals surface area contributed by atoms with Crippen LogP contribution in [-0.2, 0) is 4.79 Å². The lowest BCUT2D eigenvalue weighted by Crippen LogP contribution is -2.62. The van der Waals surface area contributed by atoms with E-state index in [9.17, 15) is 4.79 Å². The van der Waals surface area contributed by atoms with Crippen molar-refractivity contribution >= 4 is 5.91 Å². The van der Waals surface area contributed by atoms with Gasteiger partial charge in [0.05, 0.1) is 0 Å². The average Bonchev–Trinajstić information content (AvgIpc) is 2.83. The molecule has 2 saturated heterocycles. The molecule has 1 spiro atoms. The van der Waals surface area contributed by atoms with E-state index in [-0.39, 0.29) is 0 Å². The third kappa shape index (κ3) is 10.2. The minimum absolute atomic E-state index is 0.297. The number of piperidine rings is 1. The zero-order valence-corrected chi connectivity index (χ0v) is 23.7. The maximum absolute atomic E-state index is 13.4. The standard InChI is InChI=1S/C31H60N2O/c1-5-9-12-14-19-29(20-15-13-10-6-2)30(34)33-26-31(27-33)21-24-32(25-22-31)23-16-18-28(8-4)17-11-7-3/h28-29H,5-27H2,1-4H3. The maximum Gasteiger partial charge on any atom is 0.225 e. The fraction of sp³-hybridized carbons (Fsp3) is 0.968. The van der Waals surface area contributed by atoms with Crippen molar-refractivity contribution in [2.75, 3.05) is 32.7 Å². The predicted molar refractivity (Wildman–Crippen MR) is 148 cm³/mol. The quantitative estimate of drug-likeness (QED) is 0.175. The van der Waals surface area contributed by atoms with Crippen LogP contribution in [0.3, 0.4) is 0 Å². The number of rotatable bonds is 19. The van der Waals surface area contributed by atoms with Crippen molar-refractivity contribution in [2.24, 2.45) is 17.3 Å². The molecule has 0 bridgehead atoms. The van der Waals surface area contributed by atoms with Crippen LogP contribution in [0.15, 0.2) is 0 Å². The van der Waals surface area contributed by atoms with Crippen LogP contribution in [0, 0.1) is 17.3 Å². The largest absolute Gasteiger partial charge is 0.341 e. The van der Waals surface area contributed by atoms with E-state index in [0.717, 1.165) is 31.8 Å². The topological polar surface area (TPSA) is 23.6 Å². The Balaban J connectivity index is 1.69. The van der Waals surface area contributed by atoms with Gasteiger partial charge in [0.1, 0.15) is 0 Å². The van der Waals surface area contributed by atoms with Crippen molar-refractivity contribution in [3.8, 4) is 0 Å². The van der Waals surface area contributed by atoms with Crippen molar-refractivity contribution in [3.63, 3.8) is 0 Å². The van der Waals surface area contributed by atoms with Crippen LogP contribution in [0.25, 0.3) is 0 Å². The van der Waals surface area contributed by atoms with Gasteiger partial charge < -0.3 is 9.80 Å². The number of carbonyl (C=O) groups is 1. The van der Waals surface area contributed by atoms with E-state index in [1.165, 1.54) is 122 Å². The molecular formula is C31H60N2O. The molecule has 1 unspecified atom stereocenters. The summed E-state index contributed by atoms with van der Waals surface area (Å²) in [5, 5.41) is 0. The molecule has 3 nitrogen and oxygen atoms in total. The van der Waals surface area contributed by atoms with E-state index < -0.39 is 0 Å². The first kappa shape index (κ1) is 29.7. The van der Waals surface area contributed by atoms with E-state index in [1.54, 1.807) is 0 Å². The van der Waals surface area contributed by atoms with Gasteiger partial charge in [0, 0.05) is 24.4 Å². The highest BCUT2D eigenvalue weighted by Crippen LogP contribution is 2.41. The summed E-state index contributed by atoms with van der Waals surface area (Å²) in [5.74, 6) is 1.74. The molecule has 0 aromatic rings. The third-order valence-electron chi connectivity index (χ3n) is 9.07. The van der Waals surface area contributed by atoms with Gasteiger partial charge in [-0.05, 0) is 64.1 Å². The number of hydrogen-bond acceptors (Lipinski definition) is 2. The first-order valence-electron chi connectivity index (χ1n) is 15.6. The van der Waals surface area contributed by atoms with Gasteiger partial charge in [0.25, 0.3) is 0 Å². The number of nitrogens with zero attached hydrogens (tertiary/aromatic N) is 2. The highest BCUT2D eigenvalue weighted by atomic mass is 16.2. The predicted octanol–water partition coefficient (Wildman–Crippen LogP) is 8.46. The van der Waals surface area contributed by atoms with Gasteiger partial charge in [-0.2, -0.15) is 0 Å². The first-order valence-corrected chi connectivity index (χ1v) is 15.6. The summed E-state index contributed by atoms with van der Waals surface area (Å²) in [7, 11) is 0. The molecule has 0 radical (unpaired) electrons. The lowest BCUT2D eigenvalue weighted by Gasteiger charge is -2.54. The van der Waals surface area contributed by atoms with Crippen LogP contribution >= 0.6 is 0 Å². The highest BCUT2D eigenvalue weighted by molar-refractivity contribution is 5.79. The number of unbranched alkanes of at least 4 members (excludes halogenated alkanes) is 7. The first-order chi connectivity index (χ1) is 16.6. The lowest BCUT2D eigenvalue weighted by molar-refractivity contribution is -0.152. The van der Waals surface area contributed by atoms with Crippen LogP contribution < -0.4 is 0 Å². The number of likely N-dealkylation sites (tertiary alicyclic amines) is 2. The van der Waals surface area contributed by atoms with Gasteiger partial charge in [0.2, 0.25) is 5.91 Å². The Morgan fingerprint density at radius 2 is 1.26 bits per heavy atom. The Morgan fingerprint density at radius 3 is 1.79 bits per heavy atom. The molecule has 1 amide bonds. The van der Waals surface area contributed by atoms with Gasteiger partial charge in [-0.25, -0.2) is 0 Å². The molecule has 3 heteroatoms. The van der Waals surface area contributed by atoms with Crippen LogP contribution in [0.5, 0.6) is 0 Å². The molecule has 0 N–H and O–H groups in total. The van der Waals surface area contributed by atoms with E-state index in [1.807, 2.05) is 0 Å². The van der Waals surface area contributed by atoms with Gasteiger partial charge in [0.15, 0.2) is 0 Å². The summed E-state index contributed by atoms with van der Waals surface area (Å²) < 4.78 is 0. The normalized spacial score (nSPS) is 19.0. The zero-order chi connectivity index (χ0) is 24.7. The van der Waals surface area contributed by atoms with E-state index >= 15 is 0 Å². The second-order valence-electron chi connectivity index (χ2n) is 12.0. The second-order valence-corrected chi connectivity index (χ2v) is 12.0. The molecule has 0 aliphatic carbocycles. The minimum Gasteiger partial charge on any atom is -0.341 e. The summed E-state index contributed by atoms with van der Waals surface area (Å²) in [6.07, 6.45) is 23.4. The van der Waals surface area contributed by atoms with Gasteiger partial charge in [-0.15, -0.1) is 0 Å². The fourth-order valence-corrected chi connectivity index (χ4v) is 6.42. The van der Waals surface area contributed by atoms with E-state index in [0.29, 0.717) is 17.2 Å². The molecule has 0 aromatic carbocycles. The lowest BCUT2D eigenvalue weighted by atomic mass is 9.71. The summed E-state index contributed by atoms with van der Waals surface area (Å²) in [4.78, 5) is 18.3. The molecule has 2 aliphatic heterocycles. The summed E-state index contributed by atoms with van der Waals surface area (Å²) in [5.41, 5.74) is 0.453. The van der Waals surface area contributed by atoms with Gasteiger partial charge >= 0.3 is 0 Å². The van der Waals surface area contributed by atoms with Crippen LogP contribution in [0.2, 0.25) is 0 Å². The molecule has 2 heterocycles. The molecule has 2 rings (SSSR count). The molecule has 2 aliphatic rings. The molecule has 0 aromatic heterocycles. The third-order valence-corrected chi connectivity index (χ3v) is 9.07. The number of carbonyl (C=O) groups excluding carboxylic acids is 1. The number of amides is 1. The molecule has 2 fully saturated rings. The van der Waals surface area contributed by atoms with Crippen LogP contribution in [0.4, 0.5) is 0 Å². The van der Waals surface area contributed by atoms with Crippen LogP contribution in [0.1, 0.15) is 143 Å². The van der Waals surface area contributed by atoms with Crippen LogP contribution in [-0.4, -0.2) is 48.4 Å². The monoisotopic (exact) mass is 476 g/mol. The minimum atomic E-state index is 0.297. The zero-order valence-electron chi connectivity index (χ0n) is 23.7. The van der Waals surface area contributed by atoms with Crippen molar-refractivity contribution in [2.45, 2.75) is 143 Å². The Hall–Kier alpha value is -0.570. The van der Waals surface area contributed by atoms with Crippen molar-refractivity contribution in [3.05, 3.63) is 0 Å². The number of hydrogen-bond donors (Lipinski definition) is 0. The van der Waals surface area contributed by atoms with Gasteiger partial charge in [-0.1, -0.05) is 105 Å². The molecule has 200 valence electrons. The SMILES string of the molecule is CCCCCCC(CCCCCC)C(=O)N1CC2(CCN(CCCC(CC)CCCC)CC2)C1. The summed E-state index contributed by atoms with van der Waals surface area (Å²) in [6.45, 7) is 15.1. The Morgan fingerprint density at radius 1 is 0.706 bits per heavy atom. The molecule has 0 saturated carbocycles. The fourth-order valence-electron chi connectivity index (χ4n) is 6.42. The Kier molecular flexibility index (Phi) is 14.8. The van der Waals surface area contributed by atoms with Crippen molar-refractivity contribution in [1.29, 1.82) is 0 Å².